The van der Waals surface area contributed by atoms with Crippen molar-refractivity contribution in [2.75, 3.05) is 32.7 Å². The molecule has 0 aliphatic carbocycles. The lowest BCUT2D eigenvalue weighted by Gasteiger charge is -2.36. The number of nitrogens with zero attached hydrogens (tertiary/aromatic N) is 5. The number of amidine groups is 1. The number of amides is 1. The minimum absolute atomic E-state index is 0.108. The predicted octanol–water partition coefficient (Wildman–Crippen LogP) is 1.43. The number of fused-ring (bicyclic) bond motifs is 1. The summed E-state index contributed by atoms with van der Waals surface area (Å²) in [7, 11) is 0. The zero-order valence-corrected chi connectivity index (χ0v) is 13.8. The van der Waals surface area contributed by atoms with Crippen molar-refractivity contribution in [1.82, 2.24) is 14.7 Å². The normalized spacial score (nSPS) is 23.0. The summed E-state index contributed by atoms with van der Waals surface area (Å²) in [6.45, 7) is 6.04. The molecule has 3 aliphatic heterocycles. The van der Waals surface area contributed by atoms with Crippen molar-refractivity contribution >= 4 is 18.1 Å². The zero-order chi connectivity index (χ0) is 16.5. The zero-order valence-electron chi connectivity index (χ0n) is 13.8. The quantitative estimate of drug-likeness (QED) is 0.827. The van der Waals surface area contributed by atoms with E-state index in [9.17, 15) is 4.79 Å². The van der Waals surface area contributed by atoms with Gasteiger partial charge in [0.1, 0.15) is 11.7 Å². The first kappa shape index (κ1) is 14.9. The van der Waals surface area contributed by atoms with Crippen LogP contribution in [0.1, 0.15) is 17.3 Å². The van der Waals surface area contributed by atoms with Crippen LogP contribution in [0, 0.1) is 0 Å². The van der Waals surface area contributed by atoms with Gasteiger partial charge in [-0.05, 0) is 19.1 Å². The van der Waals surface area contributed by atoms with Gasteiger partial charge in [-0.2, -0.15) is 0 Å². The number of aliphatic imine (C=N–C) groups is 2. The minimum atomic E-state index is 0.108. The van der Waals surface area contributed by atoms with E-state index in [2.05, 4.69) is 32.8 Å². The van der Waals surface area contributed by atoms with Crippen molar-refractivity contribution in [2.24, 2.45) is 9.98 Å². The summed E-state index contributed by atoms with van der Waals surface area (Å²) in [5.41, 5.74) is 0.755. The molecule has 0 radical (unpaired) electrons. The Morgan fingerprint density at radius 1 is 1.12 bits per heavy atom. The Kier molecular flexibility index (Phi) is 3.80. The molecule has 124 valence electrons. The average Bonchev–Trinajstić information content (AvgIpc) is 3.01. The molecule has 1 atom stereocenters. The fourth-order valence-electron chi connectivity index (χ4n) is 3.30. The second-order valence-electron chi connectivity index (χ2n) is 6.38. The molecule has 0 spiro atoms. The van der Waals surface area contributed by atoms with Crippen LogP contribution in [0.15, 0.2) is 52.2 Å². The summed E-state index contributed by atoms with van der Waals surface area (Å²) in [5, 5.41) is 0. The van der Waals surface area contributed by atoms with Crippen molar-refractivity contribution in [3.63, 3.8) is 0 Å². The Balaban J connectivity index is 1.40. The molecule has 0 saturated carbocycles. The summed E-state index contributed by atoms with van der Waals surface area (Å²) in [5.74, 6) is 2.05. The molecular formula is C18H21N5O. The summed E-state index contributed by atoms with van der Waals surface area (Å²) < 4.78 is 0. The number of hydrogen-bond acceptors (Lipinski definition) is 5. The van der Waals surface area contributed by atoms with Gasteiger partial charge in [-0.3, -0.25) is 9.79 Å². The molecule has 1 amide bonds. The van der Waals surface area contributed by atoms with Gasteiger partial charge in [0.25, 0.3) is 5.91 Å². The molecule has 1 aromatic rings. The van der Waals surface area contributed by atoms with Gasteiger partial charge in [0.05, 0.1) is 12.4 Å². The molecule has 6 nitrogen and oxygen atoms in total. The van der Waals surface area contributed by atoms with Crippen LogP contribution in [0.4, 0.5) is 0 Å². The van der Waals surface area contributed by atoms with Gasteiger partial charge in [0.2, 0.25) is 0 Å². The van der Waals surface area contributed by atoms with Gasteiger partial charge in [0, 0.05) is 44.4 Å². The molecule has 4 rings (SSSR count). The van der Waals surface area contributed by atoms with Gasteiger partial charge in [0.15, 0.2) is 0 Å². The van der Waals surface area contributed by atoms with E-state index in [0.717, 1.165) is 36.9 Å². The highest BCUT2D eigenvalue weighted by Gasteiger charge is 2.27. The predicted molar refractivity (Wildman–Crippen MR) is 94.1 cm³/mol. The molecule has 24 heavy (non-hydrogen) atoms. The van der Waals surface area contributed by atoms with Crippen LogP contribution in [0.2, 0.25) is 0 Å². The van der Waals surface area contributed by atoms with Gasteiger partial charge >= 0.3 is 0 Å². The van der Waals surface area contributed by atoms with E-state index in [1.165, 1.54) is 0 Å². The van der Waals surface area contributed by atoms with Gasteiger partial charge in [-0.25, -0.2) is 4.99 Å². The first-order valence-electron chi connectivity index (χ1n) is 8.40. The van der Waals surface area contributed by atoms with Crippen LogP contribution in [0.3, 0.4) is 0 Å². The van der Waals surface area contributed by atoms with E-state index in [1.807, 2.05) is 41.6 Å². The summed E-state index contributed by atoms with van der Waals surface area (Å²) in [4.78, 5) is 27.9. The van der Waals surface area contributed by atoms with Gasteiger partial charge in [-0.15, -0.1) is 0 Å². The van der Waals surface area contributed by atoms with E-state index in [-0.39, 0.29) is 5.91 Å². The molecule has 3 heterocycles. The highest BCUT2D eigenvalue weighted by atomic mass is 16.2. The van der Waals surface area contributed by atoms with Crippen molar-refractivity contribution in [2.45, 2.75) is 13.0 Å². The summed E-state index contributed by atoms with van der Waals surface area (Å²) in [6, 6.07) is 9.80. The van der Waals surface area contributed by atoms with E-state index < -0.39 is 0 Å². The first-order chi connectivity index (χ1) is 11.7. The number of benzene rings is 1. The molecule has 6 heteroatoms. The van der Waals surface area contributed by atoms with E-state index in [4.69, 9.17) is 0 Å². The monoisotopic (exact) mass is 323 g/mol. The highest BCUT2D eigenvalue weighted by Crippen LogP contribution is 2.19. The second-order valence-corrected chi connectivity index (χ2v) is 6.38. The fourth-order valence-corrected chi connectivity index (χ4v) is 3.30. The van der Waals surface area contributed by atoms with Gasteiger partial charge in [-0.1, -0.05) is 18.2 Å². The Morgan fingerprint density at radius 2 is 1.88 bits per heavy atom. The third kappa shape index (κ3) is 2.79. The largest absolute Gasteiger partial charge is 0.353 e. The highest BCUT2D eigenvalue weighted by molar-refractivity contribution is 6.03. The Hall–Kier alpha value is -2.63. The maximum atomic E-state index is 12.5. The molecule has 1 aromatic carbocycles. The van der Waals surface area contributed by atoms with Crippen LogP contribution in [0.5, 0.6) is 0 Å². The lowest BCUT2D eigenvalue weighted by atomic mass is 10.2. The molecule has 0 aromatic heterocycles. The molecule has 1 saturated heterocycles. The average molecular weight is 323 g/mol. The standard InChI is InChI=1S/C18H21N5O/c1-14-12-23-13-19-16(11-17(23)20-14)21-7-9-22(10-8-21)18(24)15-5-3-2-4-6-15/h2-6,11,13-14H,7-10,12H2,1H3. The molecule has 0 N–H and O–H groups in total. The Labute approximate surface area is 141 Å². The molecular weight excluding hydrogens is 302 g/mol. The lowest BCUT2D eigenvalue weighted by molar-refractivity contribution is 0.0668. The lowest BCUT2D eigenvalue weighted by Crippen LogP contribution is -2.48. The van der Waals surface area contributed by atoms with Crippen LogP contribution in [-0.2, 0) is 0 Å². The molecule has 1 fully saturated rings. The van der Waals surface area contributed by atoms with Crippen LogP contribution in [0.25, 0.3) is 0 Å². The second kappa shape index (κ2) is 6.11. The summed E-state index contributed by atoms with van der Waals surface area (Å²) in [6.07, 6.45) is 3.93. The smallest absolute Gasteiger partial charge is 0.253 e. The van der Waals surface area contributed by atoms with E-state index >= 15 is 0 Å². The first-order valence-corrected chi connectivity index (χ1v) is 8.40. The number of carbonyl (C=O) groups is 1. The number of rotatable bonds is 2. The topological polar surface area (TPSA) is 51.5 Å². The number of hydrogen-bond donors (Lipinski definition) is 0. The third-order valence-corrected chi connectivity index (χ3v) is 4.61. The minimum Gasteiger partial charge on any atom is -0.353 e. The maximum absolute atomic E-state index is 12.5. The van der Waals surface area contributed by atoms with E-state index in [1.54, 1.807) is 0 Å². The Bertz CT molecular complexity index is 716. The third-order valence-electron chi connectivity index (χ3n) is 4.61. The number of piperazine rings is 1. The summed E-state index contributed by atoms with van der Waals surface area (Å²) >= 11 is 0. The van der Waals surface area contributed by atoms with Crippen LogP contribution < -0.4 is 0 Å². The van der Waals surface area contributed by atoms with E-state index in [0.29, 0.717) is 19.1 Å². The maximum Gasteiger partial charge on any atom is 0.253 e. The van der Waals surface area contributed by atoms with Crippen LogP contribution >= 0.6 is 0 Å². The number of carbonyl (C=O) groups excluding carboxylic acids is 1. The fraction of sp³-hybridized carbons (Fsp3) is 0.389. The Morgan fingerprint density at radius 3 is 2.62 bits per heavy atom. The van der Waals surface area contributed by atoms with Crippen molar-refractivity contribution in [3.05, 3.63) is 47.8 Å². The molecule has 3 aliphatic rings. The van der Waals surface area contributed by atoms with Crippen molar-refractivity contribution < 1.29 is 4.79 Å². The molecule has 0 bridgehead atoms. The van der Waals surface area contributed by atoms with Crippen molar-refractivity contribution in [3.8, 4) is 0 Å². The van der Waals surface area contributed by atoms with Crippen molar-refractivity contribution in [1.29, 1.82) is 0 Å². The van der Waals surface area contributed by atoms with Gasteiger partial charge < -0.3 is 14.7 Å². The SMILES string of the molecule is CC1CN2C=NC(N3CCN(C(=O)c4ccccc4)CC3)=CC2=N1. The molecule has 1 unspecified atom stereocenters. The van der Waals surface area contributed by atoms with Crippen LogP contribution in [-0.4, -0.2) is 71.5 Å².